The zero-order valence-electron chi connectivity index (χ0n) is 18.6. The van der Waals surface area contributed by atoms with E-state index in [2.05, 4.69) is 5.16 Å². The molecular weight excluding hydrogens is 485 g/mol. The van der Waals surface area contributed by atoms with Crippen molar-refractivity contribution in [2.24, 2.45) is 5.73 Å². The fourth-order valence-corrected chi connectivity index (χ4v) is 5.32. The van der Waals surface area contributed by atoms with E-state index in [1.807, 2.05) is 4.72 Å². The lowest BCUT2D eigenvalue weighted by molar-refractivity contribution is -0.140. The second-order valence-corrected chi connectivity index (χ2v) is 11.2. The average molecular weight is 510 g/mol. The third-order valence-electron chi connectivity index (χ3n) is 4.95. The van der Waals surface area contributed by atoms with Crippen LogP contribution in [0.3, 0.4) is 0 Å². The van der Waals surface area contributed by atoms with Gasteiger partial charge in [-0.1, -0.05) is 5.16 Å². The van der Waals surface area contributed by atoms with Crippen molar-refractivity contribution in [2.75, 3.05) is 0 Å². The van der Waals surface area contributed by atoms with Gasteiger partial charge in [-0.2, -0.15) is 4.72 Å². The highest BCUT2D eigenvalue weighted by atomic mass is 32.2. The molecule has 3 aromatic rings. The number of ether oxygens (including phenoxy) is 1. The maximum atomic E-state index is 13.0. The normalized spacial score (nSPS) is 13.9. The van der Waals surface area contributed by atoms with Crippen LogP contribution in [0.4, 0.5) is 4.39 Å². The molecule has 4 N–H and O–H groups in total. The van der Waals surface area contributed by atoms with Gasteiger partial charge in [-0.3, -0.25) is 4.79 Å². The van der Waals surface area contributed by atoms with Crippen LogP contribution in [0.5, 0.6) is 11.5 Å². The van der Waals surface area contributed by atoms with Crippen LogP contribution in [-0.2, 0) is 20.6 Å². The molecule has 0 aliphatic carbocycles. The number of aliphatic hydroxyl groups is 1. The Morgan fingerprint density at radius 1 is 1.18 bits per heavy atom. The van der Waals surface area contributed by atoms with Gasteiger partial charge in [-0.15, -0.1) is 11.8 Å². The van der Waals surface area contributed by atoms with E-state index in [0.717, 1.165) is 11.8 Å². The maximum Gasteiger partial charge on any atom is 0.267 e. The molecule has 0 fully saturated rings. The fourth-order valence-electron chi connectivity index (χ4n) is 2.89. The van der Waals surface area contributed by atoms with Crippen molar-refractivity contribution >= 4 is 27.7 Å². The molecule has 0 spiro atoms. The fraction of sp³-hybridized carbons (Fsp3) is 0.273. The molecule has 0 aliphatic heterocycles. The Labute approximate surface area is 200 Å². The predicted molar refractivity (Wildman–Crippen MR) is 124 cm³/mol. The molecule has 0 aliphatic rings. The predicted octanol–water partition coefficient (Wildman–Crippen LogP) is 3.08. The molecule has 0 bridgehead atoms. The first kappa shape index (κ1) is 25.7. The number of carbonyl (C=O) groups is 1. The van der Waals surface area contributed by atoms with Gasteiger partial charge in [0.05, 0.1) is 15.3 Å². The summed E-state index contributed by atoms with van der Waals surface area (Å²) in [5.74, 6) is -0.197. The Bertz CT molecular complexity index is 1260. The molecule has 0 saturated heterocycles. The second kappa shape index (κ2) is 9.74. The largest absolute Gasteiger partial charge is 0.457 e. The van der Waals surface area contributed by atoms with E-state index in [0.29, 0.717) is 23.0 Å². The number of primary amides is 1. The molecule has 34 heavy (non-hydrogen) atoms. The van der Waals surface area contributed by atoms with Gasteiger partial charge in [-0.05, 0) is 69.3 Å². The molecule has 1 unspecified atom stereocenters. The minimum Gasteiger partial charge on any atom is -0.457 e. The smallest absolute Gasteiger partial charge is 0.267 e. The zero-order chi connectivity index (χ0) is 25.1. The van der Waals surface area contributed by atoms with Crippen molar-refractivity contribution in [3.8, 4) is 11.5 Å². The second-order valence-electron chi connectivity index (χ2n) is 7.94. The van der Waals surface area contributed by atoms with Gasteiger partial charge in [0.25, 0.3) is 5.91 Å². The summed E-state index contributed by atoms with van der Waals surface area (Å²) in [4.78, 5) is 12.0. The standard InChI is InChI=1S/C22H24FN3O6S2/c1-14-12-16(25-32-14)13-33-21(2,3)22(28,20(24)27)26-34(29,30)19-10-8-18(9-11-19)31-17-6-4-15(23)5-7-17/h4-12,26,28H,13H2,1-3H3,(H2,24,27). The van der Waals surface area contributed by atoms with Crippen LogP contribution in [0, 0.1) is 12.7 Å². The van der Waals surface area contributed by atoms with Crippen LogP contribution in [-0.4, -0.2) is 35.1 Å². The highest BCUT2D eigenvalue weighted by molar-refractivity contribution is 8.00. The molecule has 0 saturated carbocycles. The highest BCUT2D eigenvalue weighted by Crippen LogP contribution is 2.37. The molecule has 182 valence electrons. The van der Waals surface area contributed by atoms with E-state index in [1.54, 1.807) is 13.0 Å². The third kappa shape index (κ3) is 5.76. The van der Waals surface area contributed by atoms with E-state index in [-0.39, 0.29) is 10.6 Å². The van der Waals surface area contributed by atoms with E-state index in [9.17, 15) is 22.7 Å². The highest BCUT2D eigenvalue weighted by Gasteiger charge is 2.52. The first-order valence-corrected chi connectivity index (χ1v) is 12.5. The van der Waals surface area contributed by atoms with Gasteiger partial charge < -0.3 is 20.1 Å². The SMILES string of the molecule is Cc1cc(CSC(C)(C)C(O)(NS(=O)(=O)c2ccc(Oc3ccc(F)cc3)cc2)C(N)=O)no1. The summed E-state index contributed by atoms with van der Waals surface area (Å²) < 4.78 is 50.2. The summed E-state index contributed by atoms with van der Waals surface area (Å²) >= 11 is 1.07. The Balaban J connectivity index is 1.77. The van der Waals surface area contributed by atoms with Crippen molar-refractivity contribution in [2.45, 2.75) is 41.9 Å². The molecule has 12 heteroatoms. The molecule has 1 heterocycles. The minimum absolute atomic E-state index is 0.230. The number of thioether (sulfide) groups is 1. The van der Waals surface area contributed by atoms with Gasteiger partial charge in [0.2, 0.25) is 15.7 Å². The number of halogens is 1. The van der Waals surface area contributed by atoms with Gasteiger partial charge in [-0.25, -0.2) is 12.8 Å². The lowest BCUT2D eigenvalue weighted by Crippen LogP contribution is -2.67. The van der Waals surface area contributed by atoms with Crippen LogP contribution in [0.1, 0.15) is 25.3 Å². The number of sulfonamides is 1. The summed E-state index contributed by atoms with van der Waals surface area (Å²) in [6.45, 7) is 4.69. The van der Waals surface area contributed by atoms with Crippen LogP contribution in [0.2, 0.25) is 0 Å². The Morgan fingerprint density at radius 3 is 2.24 bits per heavy atom. The van der Waals surface area contributed by atoms with Gasteiger partial charge in [0.15, 0.2) is 0 Å². The number of hydrogen-bond acceptors (Lipinski definition) is 8. The summed E-state index contributed by atoms with van der Waals surface area (Å²) in [6, 6.07) is 12.2. The van der Waals surface area contributed by atoms with Crippen LogP contribution >= 0.6 is 11.8 Å². The minimum atomic E-state index is -4.37. The summed E-state index contributed by atoms with van der Waals surface area (Å²) in [7, 11) is -4.37. The van der Waals surface area contributed by atoms with E-state index in [1.165, 1.54) is 62.4 Å². The average Bonchev–Trinajstić information content (AvgIpc) is 3.19. The molecule has 1 atom stereocenters. The van der Waals surface area contributed by atoms with Crippen molar-refractivity contribution in [1.29, 1.82) is 0 Å². The van der Waals surface area contributed by atoms with E-state index >= 15 is 0 Å². The van der Waals surface area contributed by atoms with Crippen molar-refractivity contribution in [3.63, 3.8) is 0 Å². The van der Waals surface area contributed by atoms with E-state index < -0.39 is 32.2 Å². The summed E-state index contributed by atoms with van der Waals surface area (Å²) in [5, 5.41) is 14.9. The number of rotatable bonds is 10. The van der Waals surface area contributed by atoms with E-state index in [4.69, 9.17) is 15.0 Å². The third-order valence-corrected chi connectivity index (χ3v) is 7.87. The van der Waals surface area contributed by atoms with Gasteiger partial charge in [0.1, 0.15) is 23.1 Å². The number of nitrogens with two attached hydrogens (primary N) is 1. The van der Waals surface area contributed by atoms with Crippen LogP contribution in [0.15, 0.2) is 64.0 Å². The number of aromatic nitrogens is 1. The van der Waals surface area contributed by atoms with Crippen LogP contribution < -0.4 is 15.2 Å². The summed E-state index contributed by atoms with van der Waals surface area (Å²) in [6.07, 6.45) is 0. The number of benzene rings is 2. The molecule has 9 nitrogen and oxygen atoms in total. The maximum absolute atomic E-state index is 13.0. The zero-order valence-corrected chi connectivity index (χ0v) is 20.2. The number of amides is 1. The topological polar surface area (TPSA) is 145 Å². The Morgan fingerprint density at radius 2 is 1.74 bits per heavy atom. The molecule has 2 aromatic carbocycles. The molecule has 0 radical (unpaired) electrons. The lowest BCUT2D eigenvalue weighted by atomic mass is 9.99. The van der Waals surface area contributed by atoms with Crippen molar-refractivity contribution < 1.29 is 32.0 Å². The van der Waals surface area contributed by atoms with Gasteiger partial charge in [0, 0.05) is 11.8 Å². The molecule has 3 rings (SSSR count). The Kier molecular flexibility index (Phi) is 7.36. The Hall–Kier alpha value is -2.93. The van der Waals surface area contributed by atoms with Crippen LogP contribution in [0.25, 0.3) is 0 Å². The number of nitrogens with one attached hydrogen (secondary N) is 1. The monoisotopic (exact) mass is 509 g/mol. The molecular formula is C22H24FN3O6S2. The van der Waals surface area contributed by atoms with Crippen molar-refractivity contribution in [1.82, 2.24) is 9.88 Å². The molecule has 1 aromatic heterocycles. The number of hydrogen-bond donors (Lipinski definition) is 3. The summed E-state index contributed by atoms with van der Waals surface area (Å²) in [5.41, 5.74) is 3.36. The van der Waals surface area contributed by atoms with Crippen molar-refractivity contribution in [3.05, 3.63) is 71.9 Å². The number of aryl methyl sites for hydroxylation is 1. The lowest BCUT2D eigenvalue weighted by Gasteiger charge is -2.39. The number of carbonyl (C=O) groups excluding carboxylic acids is 1. The molecule has 1 amide bonds. The van der Waals surface area contributed by atoms with Gasteiger partial charge >= 0.3 is 0 Å². The quantitative estimate of drug-likeness (QED) is 0.354. The first-order chi connectivity index (χ1) is 15.8. The first-order valence-electron chi connectivity index (χ1n) is 9.98. The number of nitrogens with zero attached hydrogens (tertiary/aromatic N) is 1.